The van der Waals surface area contributed by atoms with E-state index in [2.05, 4.69) is 5.32 Å². The van der Waals surface area contributed by atoms with E-state index in [0.717, 1.165) is 4.90 Å². The Labute approximate surface area is 76.1 Å². The largest absolute Gasteiger partial charge is 0.330 e. The number of carbonyl (C=O) groups excluding carboxylic acids is 3. The van der Waals surface area contributed by atoms with Gasteiger partial charge in [0.25, 0.3) is 0 Å². The summed E-state index contributed by atoms with van der Waals surface area (Å²) in [5.74, 6) is -0.722. The molecule has 1 aliphatic rings. The predicted molar refractivity (Wildman–Crippen MR) is 44.7 cm³/mol. The van der Waals surface area contributed by atoms with Crippen molar-refractivity contribution in [3.8, 4) is 0 Å². The number of barbiturate groups is 1. The molecular weight excluding hydrogens is 172 g/mol. The van der Waals surface area contributed by atoms with Crippen molar-refractivity contribution in [3.63, 3.8) is 0 Å². The number of imide groups is 2. The number of nitrogens with zero attached hydrogens (tertiary/aromatic N) is 1. The van der Waals surface area contributed by atoms with Crippen molar-refractivity contribution in [1.82, 2.24) is 10.2 Å². The van der Waals surface area contributed by atoms with Crippen LogP contribution in [0.25, 0.3) is 0 Å². The highest BCUT2D eigenvalue weighted by Gasteiger charge is 2.30. The molecule has 1 N–H and O–H groups in total. The Morgan fingerprint density at radius 1 is 1.38 bits per heavy atom. The van der Waals surface area contributed by atoms with Crippen LogP contribution in [0.15, 0.2) is 0 Å². The lowest BCUT2D eigenvalue weighted by Crippen LogP contribution is -2.53. The number of nitrogens with one attached hydrogen (secondary N) is 1. The minimum atomic E-state index is -0.602. The molecule has 1 heterocycles. The van der Waals surface area contributed by atoms with Crippen LogP contribution >= 0.6 is 0 Å². The van der Waals surface area contributed by atoms with Crippen molar-refractivity contribution in [2.45, 2.75) is 20.3 Å². The van der Waals surface area contributed by atoms with E-state index in [1.165, 1.54) is 0 Å². The fourth-order valence-electron chi connectivity index (χ4n) is 1.13. The minimum Gasteiger partial charge on any atom is -0.277 e. The third-order valence-corrected chi connectivity index (χ3v) is 1.65. The van der Waals surface area contributed by atoms with Gasteiger partial charge < -0.3 is 0 Å². The number of hydrogen-bond donors (Lipinski definition) is 1. The van der Waals surface area contributed by atoms with Gasteiger partial charge in [0.05, 0.1) is 0 Å². The Kier molecular flexibility index (Phi) is 2.65. The predicted octanol–water partition coefficient (Wildman–Crippen LogP) is 0.111. The maximum atomic E-state index is 11.2. The van der Waals surface area contributed by atoms with E-state index in [0.29, 0.717) is 6.54 Å². The first-order valence-electron chi connectivity index (χ1n) is 4.15. The SMILES string of the molecule is CC(C)CN1C(=O)CC(=O)NC1=O. The first-order valence-corrected chi connectivity index (χ1v) is 4.15. The molecule has 4 amide bonds. The van der Waals surface area contributed by atoms with Crippen molar-refractivity contribution in [3.05, 3.63) is 0 Å². The molecule has 0 aromatic heterocycles. The van der Waals surface area contributed by atoms with Crippen molar-refractivity contribution in [2.24, 2.45) is 5.92 Å². The van der Waals surface area contributed by atoms with Crippen LogP contribution in [0, 0.1) is 5.92 Å². The minimum absolute atomic E-state index is 0.211. The Morgan fingerprint density at radius 2 is 2.00 bits per heavy atom. The molecule has 1 aliphatic heterocycles. The van der Waals surface area contributed by atoms with Gasteiger partial charge in [-0.25, -0.2) is 4.79 Å². The average Bonchev–Trinajstić information content (AvgIpc) is 1.96. The molecule has 1 rings (SSSR count). The van der Waals surface area contributed by atoms with Gasteiger partial charge >= 0.3 is 6.03 Å². The lowest BCUT2D eigenvalue weighted by Gasteiger charge is -2.25. The van der Waals surface area contributed by atoms with Crippen LogP contribution < -0.4 is 5.32 Å². The lowest BCUT2D eigenvalue weighted by atomic mass is 10.2. The summed E-state index contributed by atoms with van der Waals surface area (Å²) in [7, 11) is 0. The highest BCUT2D eigenvalue weighted by atomic mass is 16.2. The zero-order valence-electron chi connectivity index (χ0n) is 7.66. The van der Waals surface area contributed by atoms with Gasteiger partial charge in [0.1, 0.15) is 6.42 Å². The molecule has 0 saturated carbocycles. The summed E-state index contributed by atoms with van der Waals surface area (Å²) in [5.41, 5.74) is 0. The van der Waals surface area contributed by atoms with Gasteiger partial charge in [-0.3, -0.25) is 19.8 Å². The van der Waals surface area contributed by atoms with E-state index in [4.69, 9.17) is 0 Å². The summed E-state index contributed by atoms with van der Waals surface area (Å²) in [4.78, 5) is 34.1. The molecule has 0 aromatic carbocycles. The van der Waals surface area contributed by atoms with Crippen LogP contribution in [-0.2, 0) is 9.59 Å². The topological polar surface area (TPSA) is 66.5 Å². The fraction of sp³-hybridized carbons (Fsp3) is 0.625. The molecule has 5 heteroatoms. The summed E-state index contributed by atoms with van der Waals surface area (Å²) >= 11 is 0. The summed E-state index contributed by atoms with van der Waals surface area (Å²) < 4.78 is 0. The van der Waals surface area contributed by atoms with Gasteiger partial charge in [-0.15, -0.1) is 0 Å². The summed E-state index contributed by atoms with van der Waals surface area (Å²) in [5, 5.41) is 2.09. The normalized spacial score (nSPS) is 18.1. The molecule has 0 atom stereocenters. The zero-order chi connectivity index (χ0) is 10.0. The number of rotatable bonds is 2. The third kappa shape index (κ3) is 2.27. The number of hydrogen-bond acceptors (Lipinski definition) is 3. The third-order valence-electron chi connectivity index (χ3n) is 1.65. The first-order chi connectivity index (χ1) is 6.00. The molecule has 1 saturated heterocycles. The lowest BCUT2D eigenvalue weighted by molar-refractivity contribution is -0.136. The maximum Gasteiger partial charge on any atom is 0.330 e. The molecule has 5 nitrogen and oxygen atoms in total. The van der Waals surface area contributed by atoms with Gasteiger partial charge in [-0.1, -0.05) is 13.8 Å². The van der Waals surface area contributed by atoms with E-state index in [1.807, 2.05) is 13.8 Å². The van der Waals surface area contributed by atoms with E-state index in [-0.39, 0.29) is 12.3 Å². The Balaban J connectivity index is 2.67. The second-order valence-electron chi connectivity index (χ2n) is 3.43. The molecule has 72 valence electrons. The van der Waals surface area contributed by atoms with Crippen LogP contribution in [0.1, 0.15) is 20.3 Å². The number of urea groups is 1. The van der Waals surface area contributed by atoms with Gasteiger partial charge in [0.2, 0.25) is 11.8 Å². The highest BCUT2D eigenvalue weighted by Crippen LogP contribution is 2.06. The second kappa shape index (κ2) is 3.55. The van der Waals surface area contributed by atoms with Crippen molar-refractivity contribution >= 4 is 17.8 Å². The first kappa shape index (κ1) is 9.70. The molecule has 0 aliphatic carbocycles. The Hall–Kier alpha value is -1.39. The van der Waals surface area contributed by atoms with E-state index in [1.54, 1.807) is 0 Å². The smallest absolute Gasteiger partial charge is 0.277 e. The van der Waals surface area contributed by atoms with Crippen LogP contribution in [0.4, 0.5) is 4.79 Å². The fourth-order valence-corrected chi connectivity index (χ4v) is 1.13. The molecule has 0 spiro atoms. The van der Waals surface area contributed by atoms with Gasteiger partial charge in [0.15, 0.2) is 0 Å². The Morgan fingerprint density at radius 3 is 2.46 bits per heavy atom. The quantitative estimate of drug-likeness (QED) is 0.619. The van der Waals surface area contributed by atoms with E-state index >= 15 is 0 Å². The van der Waals surface area contributed by atoms with Crippen LogP contribution in [0.5, 0.6) is 0 Å². The van der Waals surface area contributed by atoms with Gasteiger partial charge in [-0.2, -0.15) is 0 Å². The van der Waals surface area contributed by atoms with Crippen molar-refractivity contribution in [2.75, 3.05) is 6.54 Å². The monoisotopic (exact) mass is 184 g/mol. The maximum absolute atomic E-state index is 11.2. The summed E-state index contributed by atoms with van der Waals surface area (Å²) in [6, 6.07) is -0.602. The molecular formula is C8H12N2O3. The molecule has 1 fully saturated rings. The van der Waals surface area contributed by atoms with Gasteiger partial charge in [-0.05, 0) is 5.92 Å². The number of amides is 4. The zero-order valence-corrected chi connectivity index (χ0v) is 7.66. The molecule has 0 aromatic rings. The molecule has 0 unspecified atom stereocenters. The summed E-state index contributed by atoms with van der Waals surface area (Å²) in [6.45, 7) is 4.16. The Bertz CT molecular complexity index is 240. The van der Waals surface area contributed by atoms with Crippen LogP contribution in [-0.4, -0.2) is 29.3 Å². The van der Waals surface area contributed by atoms with E-state index < -0.39 is 17.8 Å². The highest BCUT2D eigenvalue weighted by molar-refractivity contribution is 6.14. The average molecular weight is 184 g/mol. The second-order valence-corrected chi connectivity index (χ2v) is 3.43. The molecule has 0 bridgehead atoms. The molecule has 13 heavy (non-hydrogen) atoms. The van der Waals surface area contributed by atoms with Crippen molar-refractivity contribution in [1.29, 1.82) is 0 Å². The molecule has 0 radical (unpaired) electrons. The van der Waals surface area contributed by atoms with Crippen LogP contribution in [0.2, 0.25) is 0 Å². The van der Waals surface area contributed by atoms with Gasteiger partial charge in [0, 0.05) is 6.54 Å². The van der Waals surface area contributed by atoms with Crippen molar-refractivity contribution < 1.29 is 14.4 Å². The number of carbonyl (C=O) groups is 3. The van der Waals surface area contributed by atoms with Crippen LogP contribution in [0.3, 0.4) is 0 Å². The standard InChI is InChI=1S/C8H12N2O3/c1-5(2)4-10-7(12)3-6(11)9-8(10)13/h5H,3-4H2,1-2H3,(H,9,11,13). The van der Waals surface area contributed by atoms with E-state index in [9.17, 15) is 14.4 Å². The summed E-state index contributed by atoms with van der Waals surface area (Å²) in [6.07, 6.45) is -0.224.